The van der Waals surface area contributed by atoms with Crippen LogP contribution < -0.4 is 5.73 Å². The van der Waals surface area contributed by atoms with Gasteiger partial charge in [-0.1, -0.05) is 6.42 Å². The van der Waals surface area contributed by atoms with E-state index in [1.54, 1.807) is 4.31 Å². The van der Waals surface area contributed by atoms with Crippen molar-refractivity contribution in [2.75, 3.05) is 19.6 Å². The molecular weight excluding hydrogens is 226 g/mol. The van der Waals surface area contributed by atoms with Crippen molar-refractivity contribution >= 4 is 10.2 Å². The molecule has 1 unspecified atom stereocenters. The van der Waals surface area contributed by atoms with Crippen LogP contribution >= 0.6 is 0 Å². The average molecular weight is 247 g/mol. The molecule has 0 spiro atoms. The fourth-order valence-electron chi connectivity index (χ4n) is 2.46. The van der Waals surface area contributed by atoms with E-state index in [4.69, 9.17) is 5.73 Å². The maximum atomic E-state index is 12.3. The molecule has 2 N–H and O–H groups in total. The predicted octanol–water partition coefficient (Wildman–Crippen LogP) is 0.488. The molecule has 16 heavy (non-hydrogen) atoms. The molecule has 0 amide bonds. The first kappa shape index (κ1) is 12.3. The van der Waals surface area contributed by atoms with E-state index in [2.05, 4.69) is 0 Å². The molecule has 2 aliphatic rings. The summed E-state index contributed by atoms with van der Waals surface area (Å²) in [6.07, 6.45) is 5.52. The molecule has 0 aromatic carbocycles. The molecule has 0 radical (unpaired) electrons. The molecule has 2 heterocycles. The van der Waals surface area contributed by atoms with Gasteiger partial charge in [0.2, 0.25) is 0 Å². The molecule has 6 heteroatoms. The SMILES string of the molecule is NC1CCCCN1S(=O)(=O)N1CCCCC1. The summed E-state index contributed by atoms with van der Waals surface area (Å²) in [5.41, 5.74) is 5.89. The van der Waals surface area contributed by atoms with Crippen molar-refractivity contribution in [2.45, 2.75) is 44.7 Å². The van der Waals surface area contributed by atoms with E-state index in [9.17, 15) is 8.42 Å². The van der Waals surface area contributed by atoms with Gasteiger partial charge in [-0.05, 0) is 32.1 Å². The second kappa shape index (κ2) is 5.00. The maximum absolute atomic E-state index is 12.3. The Morgan fingerprint density at radius 2 is 1.56 bits per heavy atom. The Bertz CT molecular complexity index is 325. The summed E-state index contributed by atoms with van der Waals surface area (Å²) >= 11 is 0. The molecule has 2 aliphatic heterocycles. The monoisotopic (exact) mass is 247 g/mol. The van der Waals surface area contributed by atoms with E-state index >= 15 is 0 Å². The number of hydrogen-bond donors (Lipinski definition) is 1. The van der Waals surface area contributed by atoms with Crippen LogP contribution in [0.2, 0.25) is 0 Å². The van der Waals surface area contributed by atoms with E-state index in [1.807, 2.05) is 0 Å². The van der Waals surface area contributed by atoms with Crippen molar-refractivity contribution in [1.82, 2.24) is 8.61 Å². The van der Waals surface area contributed by atoms with Gasteiger partial charge >= 0.3 is 0 Å². The van der Waals surface area contributed by atoms with Crippen LogP contribution in [0.3, 0.4) is 0 Å². The van der Waals surface area contributed by atoms with Gasteiger partial charge in [-0.25, -0.2) is 0 Å². The summed E-state index contributed by atoms with van der Waals surface area (Å²) in [6, 6.07) is 0. The summed E-state index contributed by atoms with van der Waals surface area (Å²) in [7, 11) is -3.29. The van der Waals surface area contributed by atoms with Crippen molar-refractivity contribution in [2.24, 2.45) is 5.73 Å². The Hall–Kier alpha value is -0.170. The van der Waals surface area contributed by atoms with Crippen molar-refractivity contribution in [3.05, 3.63) is 0 Å². The predicted molar refractivity (Wildman–Crippen MR) is 62.9 cm³/mol. The number of piperidine rings is 2. The van der Waals surface area contributed by atoms with Crippen LogP contribution in [-0.2, 0) is 10.2 Å². The molecule has 0 aromatic rings. The van der Waals surface area contributed by atoms with Gasteiger partial charge < -0.3 is 5.73 Å². The van der Waals surface area contributed by atoms with E-state index in [0.717, 1.165) is 38.5 Å². The van der Waals surface area contributed by atoms with Crippen LogP contribution in [0.5, 0.6) is 0 Å². The summed E-state index contributed by atoms with van der Waals surface area (Å²) in [4.78, 5) is 0. The summed E-state index contributed by atoms with van der Waals surface area (Å²) < 4.78 is 27.7. The smallest absolute Gasteiger partial charge is 0.283 e. The number of rotatable bonds is 2. The quantitative estimate of drug-likeness (QED) is 0.772. The van der Waals surface area contributed by atoms with E-state index in [-0.39, 0.29) is 6.17 Å². The molecule has 2 rings (SSSR count). The van der Waals surface area contributed by atoms with Crippen LogP contribution in [0.15, 0.2) is 0 Å². The minimum absolute atomic E-state index is 0.319. The third kappa shape index (κ3) is 2.40. The fourth-order valence-corrected chi connectivity index (χ4v) is 4.29. The molecule has 0 bridgehead atoms. The molecule has 5 nitrogen and oxygen atoms in total. The zero-order valence-electron chi connectivity index (χ0n) is 9.64. The second-order valence-corrected chi connectivity index (χ2v) is 6.52. The lowest BCUT2D eigenvalue weighted by Gasteiger charge is -2.37. The van der Waals surface area contributed by atoms with Crippen LogP contribution in [0.25, 0.3) is 0 Å². The highest BCUT2D eigenvalue weighted by Crippen LogP contribution is 2.22. The summed E-state index contributed by atoms with van der Waals surface area (Å²) in [6.45, 7) is 1.90. The maximum Gasteiger partial charge on any atom is 0.283 e. The van der Waals surface area contributed by atoms with Gasteiger partial charge in [-0.15, -0.1) is 0 Å². The third-order valence-corrected chi connectivity index (χ3v) is 5.50. The van der Waals surface area contributed by atoms with E-state index in [1.165, 1.54) is 4.31 Å². The molecule has 0 aliphatic carbocycles. The Balaban J connectivity index is 2.10. The third-order valence-electron chi connectivity index (χ3n) is 3.44. The number of nitrogens with two attached hydrogens (primary N) is 1. The summed E-state index contributed by atoms with van der Waals surface area (Å²) in [5.74, 6) is 0. The minimum atomic E-state index is -3.29. The first-order valence-electron chi connectivity index (χ1n) is 6.15. The van der Waals surface area contributed by atoms with Crippen molar-refractivity contribution < 1.29 is 8.42 Å². The minimum Gasteiger partial charge on any atom is -0.315 e. The largest absolute Gasteiger partial charge is 0.315 e. The zero-order chi connectivity index (χ0) is 11.6. The highest BCUT2D eigenvalue weighted by molar-refractivity contribution is 7.86. The number of hydrogen-bond acceptors (Lipinski definition) is 3. The van der Waals surface area contributed by atoms with Gasteiger partial charge in [0.1, 0.15) is 0 Å². The highest BCUT2D eigenvalue weighted by Gasteiger charge is 2.35. The molecule has 0 saturated carbocycles. The first-order chi connectivity index (χ1) is 7.62. The van der Waals surface area contributed by atoms with Gasteiger partial charge in [0.15, 0.2) is 0 Å². The Morgan fingerprint density at radius 1 is 0.938 bits per heavy atom. The van der Waals surface area contributed by atoms with Crippen LogP contribution in [0, 0.1) is 0 Å². The zero-order valence-corrected chi connectivity index (χ0v) is 10.5. The fraction of sp³-hybridized carbons (Fsp3) is 1.00. The lowest BCUT2D eigenvalue weighted by atomic mass is 10.1. The molecule has 2 saturated heterocycles. The molecular formula is C10H21N3O2S. The Morgan fingerprint density at radius 3 is 2.19 bits per heavy atom. The first-order valence-corrected chi connectivity index (χ1v) is 7.54. The topological polar surface area (TPSA) is 66.6 Å². The molecule has 2 fully saturated rings. The lowest BCUT2D eigenvalue weighted by Crippen LogP contribution is -2.54. The molecule has 1 atom stereocenters. The Kier molecular flexibility index (Phi) is 3.84. The van der Waals surface area contributed by atoms with Crippen molar-refractivity contribution in [3.8, 4) is 0 Å². The number of nitrogens with zero attached hydrogens (tertiary/aromatic N) is 2. The van der Waals surface area contributed by atoms with Gasteiger partial charge in [0.05, 0.1) is 6.17 Å². The van der Waals surface area contributed by atoms with Crippen LogP contribution in [-0.4, -0.2) is 42.8 Å². The standard InChI is InChI=1S/C10H21N3O2S/c11-10-6-2-5-9-13(10)16(14,15)12-7-3-1-4-8-12/h10H,1-9,11H2. The van der Waals surface area contributed by atoms with Crippen LogP contribution in [0.1, 0.15) is 38.5 Å². The van der Waals surface area contributed by atoms with Crippen LogP contribution in [0.4, 0.5) is 0 Å². The lowest BCUT2D eigenvalue weighted by molar-refractivity contribution is 0.227. The molecule has 0 aromatic heterocycles. The van der Waals surface area contributed by atoms with Gasteiger partial charge in [-0.3, -0.25) is 0 Å². The Labute approximate surface area is 97.8 Å². The van der Waals surface area contributed by atoms with E-state index in [0.29, 0.717) is 19.6 Å². The summed E-state index contributed by atoms with van der Waals surface area (Å²) in [5, 5.41) is 0. The van der Waals surface area contributed by atoms with Gasteiger partial charge in [-0.2, -0.15) is 17.0 Å². The average Bonchev–Trinajstić information content (AvgIpc) is 2.30. The van der Waals surface area contributed by atoms with Gasteiger partial charge in [0.25, 0.3) is 10.2 Å². The molecule has 94 valence electrons. The normalized spacial score (nSPS) is 30.4. The van der Waals surface area contributed by atoms with Crippen molar-refractivity contribution in [3.63, 3.8) is 0 Å². The highest BCUT2D eigenvalue weighted by atomic mass is 32.2. The van der Waals surface area contributed by atoms with Crippen molar-refractivity contribution in [1.29, 1.82) is 0 Å². The van der Waals surface area contributed by atoms with E-state index < -0.39 is 10.2 Å². The van der Waals surface area contributed by atoms with Gasteiger partial charge in [0, 0.05) is 19.6 Å². The second-order valence-electron chi connectivity index (χ2n) is 4.64.